The number of nitrogens with zero attached hydrogens (tertiary/aromatic N) is 2. The van der Waals surface area contributed by atoms with Crippen molar-refractivity contribution in [3.8, 4) is 0 Å². The van der Waals surface area contributed by atoms with Gasteiger partial charge in [-0.2, -0.15) is 13.2 Å². The highest BCUT2D eigenvalue weighted by molar-refractivity contribution is 5.41. The monoisotopic (exact) mass is 267 g/mol. The molecule has 0 radical (unpaired) electrons. The van der Waals surface area contributed by atoms with Crippen molar-refractivity contribution < 1.29 is 13.2 Å². The third kappa shape index (κ3) is 3.43. The normalized spacial score (nSPS) is 13.1. The lowest BCUT2D eigenvalue weighted by Crippen LogP contribution is -2.10. The molecule has 0 saturated heterocycles. The maximum absolute atomic E-state index is 12.6. The lowest BCUT2D eigenvalue weighted by molar-refractivity contribution is -0.137. The van der Waals surface area contributed by atoms with Gasteiger partial charge in [-0.15, -0.1) is 0 Å². The van der Waals surface area contributed by atoms with Crippen LogP contribution in [0, 0.1) is 0 Å². The van der Waals surface area contributed by atoms with Gasteiger partial charge < -0.3 is 5.32 Å². The number of hydrogen-bond donors (Lipinski definition) is 1. The Morgan fingerprint density at radius 2 is 2.00 bits per heavy atom. The SMILES string of the molecule is CC(Nc1cc(C(F)(F)F)ccn1)c1cccnc1. The molecule has 0 aliphatic rings. The Balaban J connectivity index is 2.16. The number of rotatable bonds is 3. The molecule has 2 rings (SSSR count). The first-order valence-corrected chi connectivity index (χ1v) is 5.66. The lowest BCUT2D eigenvalue weighted by atomic mass is 10.1. The molecule has 0 aliphatic carbocycles. The molecule has 0 amide bonds. The zero-order valence-electron chi connectivity index (χ0n) is 10.1. The molecule has 2 heterocycles. The molecule has 6 heteroatoms. The van der Waals surface area contributed by atoms with Crippen LogP contribution < -0.4 is 5.32 Å². The molecule has 0 aliphatic heterocycles. The van der Waals surface area contributed by atoms with Gasteiger partial charge in [0.25, 0.3) is 0 Å². The molecule has 19 heavy (non-hydrogen) atoms. The van der Waals surface area contributed by atoms with E-state index >= 15 is 0 Å². The number of halogens is 3. The Morgan fingerprint density at radius 3 is 2.63 bits per heavy atom. The zero-order chi connectivity index (χ0) is 13.9. The van der Waals surface area contributed by atoms with Crippen LogP contribution in [0.1, 0.15) is 24.1 Å². The second-order valence-corrected chi connectivity index (χ2v) is 4.08. The number of nitrogens with one attached hydrogen (secondary N) is 1. The van der Waals surface area contributed by atoms with E-state index in [0.29, 0.717) is 0 Å². The Bertz CT molecular complexity index is 540. The average molecular weight is 267 g/mol. The van der Waals surface area contributed by atoms with Crippen LogP contribution in [-0.4, -0.2) is 9.97 Å². The van der Waals surface area contributed by atoms with Gasteiger partial charge >= 0.3 is 6.18 Å². The lowest BCUT2D eigenvalue weighted by Gasteiger charge is -2.15. The van der Waals surface area contributed by atoms with Gasteiger partial charge in [-0.05, 0) is 30.7 Å². The predicted octanol–water partition coefficient (Wildman–Crippen LogP) is 3.67. The van der Waals surface area contributed by atoms with Crippen LogP contribution in [0.3, 0.4) is 0 Å². The predicted molar refractivity (Wildman–Crippen MR) is 65.5 cm³/mol. The first-order valence-electron chi connectivity index (χ1n) is 5.66. The fourth-order valence-electron chi connectivity index (χ4n) is 1.62. The van der Waals surface area contributed by atoms with Crippen LogP contribution in [0.25, 0.3) is 0 Å². The van der Waals surface area contributed by atoms with E-state index in [9.17, 15) is 13.2 Å². The third-order valence-electron chi connectivity index (χ3n) is 2.64. The summed E-state index contributed by atoms with van der Waals surface area (Å²) >= 11 is 0. The van der Waals surface area contributed by atoms with Crippen LogP contribution in [0.4, 0.5) is 19.0 Å². The second-order valence-electron chi connectivity index (χ2n) is 4.08. The molecule has 2 aromatic heterocycles. The molecule has 2 aromatic rings. The minimum Gasteiger partial charge on any atom is -0.363 e. The van der Waals surface area contributed by atoms with E-state index in [2.05, 4.69) is 15.3 Å². The van der Waals surface area contributed by atoms with E-state index in [1.807, 2.05) is 13.0 Å². The molecule has 1 unspecified atom stereocenters. The molecule has 3 nitrogen and oxygen atoms in total. The van der Waals surface area contributed by atoms with Gasteiger partial charge in [0, 0.05) is 18.6 Å². The number of hydrogen-bond acceptors (Lipinski definition) is 3. The summed E-state index contributed by atoms with van der Waals surface area (Å²) in [5.41, 5.74) is 0.157. The minimum absolute atomic E-state index is 0.176. The third-order valence-corrected chi connectivity index (χ3v) is 2.64. The molecule has 0 aromatic carbocycles. The minimum atomic E-state index is -4.36. The van der Waals surface area contributed by atoms with E-state index in [1.165, 1.54) is 0 Å². The van der Waals surface area contributed by atoms with Crippen molar-refractivity contribution in [3.63, 3.8) is 0 Å². The van der Waals surface area contributed by atoms with Crippen LogP contribution in [0.2, 0.25) is 0 Å². The average Bonchev–Trinajstić information content (AvgIpc) is 2.39. The van der Waals surface area contributed by atoms with Crippen LogP contribution in [0.5, 0.6) is 0 Å². The first-order chi connectivity index (χ1) is 8.97. The second kappa shape index (κ2) is 5.26. The highest BCUT2D eigenvalue weighted by atomic mass is 19.4. The summed E-state index contributed by atoms with van der Waals surface area (Å²) in [5.74, 6) is 0.186. The standard InChI is InChI=1S/C13H12F3N3/c1-9(10-3-2-5-17-8-10)19-12-7-11(4-6-18-12)13(14,15)16/h2-9H,1H3,(H,18,19). The Morgan fingerprint density at radius 1 is 1.21 bits per heavy atom. The van der Waals surface area contributed by atoms with Crippen molar-refractivity contribution >= 4 is 5.82 Å². The number of anilines is 1. The van der Waals surface area contributed by atoms with Gasteiger partial charge in [0.15, 0.2) is 0 Å². The highest BCUT2D eigenvalue weighted by Gasteiger charge is 2.30. The van der Waals surface area contributed by atoms with Gasteiger partial charge in [-0.1, -0.05) is 6.07 Å². The van der Waals surface area contributed by atoms with Gasteiger partial charge in [0.1, 0.15) is 5.82 Å². The van der Waals surface area contributed by atoms with Crippen molar-refractivity contribution in [2.75, 3.05) is 5.32 Å². The molecular weight excluding hydrogens is 255 g/mol. The number of alkyl halides is 3. The van der Waals surface area contributed by atoms with Crippen molar-refractivity contribution in [2.45, 2.75) is 19.1 Å². The fraction of sp³-hybridized carbons (Fsp3) is 0.231. The molecule has 1 atom stereocenters. The summed E-state index contributed by atoms with van der Waals surface area (Å²) in [5, 5.41) is 2.92. The van der Waals surface area contributed by atoms with Crippen LogP contribution in [-0.2, 0) is 6.18 Å². The van der Waals surface area contributed by atoms with E-state index in [1.54, 1.807) is 18.5 Å². The van der Waals surface area contributed by atoms with E-state index in [4.69, 9.17) is 0 Å². The first kappa shape index (κ1) is 13.3. The molecular formula is C13H12F3N3. The summed E-state index contributed by atoms with van der Waals surface area (Å²) in [4.78, 5) is 7.85. The van der Waals surface area contributed by atoms with Crippen LogP contribution >= 0.6 is 0 Å². The largest absolute Gasteiger partial charge is 0.416 e. The molecule has 100 valence electrons. The highest BCUT2D eigenvalue weighted by Crippen LogP contribution is 2.30. The summed E-state index contributed by atoms with van der Waals surface area (Å²) in [6, 6.07) is 5.38. The van der Waals surface area contributed by atoms with Crippen molar-refractivity contribution in [1.82, 2.24) is 9.97 Å². The molecule has 0 bridgehead atoms. The zero-order valence-corrected chi connectivity index (χ0v) is 10.1. The smallest absolute Gasteiger partial charge is 0.363 e. The van der Waals surface area contributed by atoms with Gasteiger partial charge in [-0.25, -0.2) is 4.98 Å². The number of aromatic nitrogens is 2. The van der Waals surface area contributed by atoms with E-state index in [-0.39, 0.29) is 11.9 Å². The summed E-state index contributed by atoms with van der Waals surface area (Å²) in [6.45, 7) is 1.83. The van der Waals surface area contributed by atoms with Crippen LogP contribution in [0.15, 0.2) is 42.9 Å². The number of pyridine rings is 2. The van der Waals surface area contributed by atoms with Crippen molar-refractivity contribution in [1.29, 1.82) is 0 Å². The Hall–Kier alpha value is -2.11. The Kier molecular flexibility index (Phi) is 3.69. The maximum atomic E-state index is 12.6. The molecule has 0 saturated carbocycles. The fourth-order valence-corrected chi connectivity index (χ4v) is 1.62. The molecule has 1 N–H and O–H groups in total. The maximum Gasteiger partial charge on any atom is 0.416 e. The van der Waals surface area contributed by atoms with Gasteiger partial charge in [0.05, 0.1) is 11.6 Å². The topological polar surface area (TPSA) is 37.8 Å². The summed E-state index contributed by atoms with van der Waals surface area (Å²) in [7, 11) is 0. The molecule has 0 spiro atoms. The summed E-state index contributed by atoms with van der Waals surface area (Å²) < 4.78 is 37.7. The van der Waals surface area contributed by atoms with Gasteiger partial charge in [0.2, 0.25) is 0 Å². The van der Waals surface area contributed by atoms with Crippen molar-refractivity contribution in [3.05, 3.63) is 54.0 Å². The van der Waals surface area contributed by atoms with E-state index in [0.717, 1.165) is 23.9 Å². The quantitative estimate of drug-likeness (QED) is 0.922. The van der Waals surface area contributed by atoms with Crippen molar-refractivity contribution in [2.24, 2.45) is 0 Å². The molecule has 0 fully saturated rings. The Labute approximate surface area is 108 Å². The summed E-state index contributed by atoms with van der Waals surface area (Å²) in [6.07, 6.45) is 0.0715. The van der Waals surface area contributed by atoms with Gasteiger partial charge in [-0.3, -0.25) is 4.98 Å². The van der Waals surface area contributed by atoms with E-state index < -0.39 is 11.7 Å².